The van der Waals surface area contributed by atoms with Crippen LogP contribution in [-0.2, 0) is 0 Å². The van der Waals surface area contributed by atoms with Gasteiger partial charge in [-0.3, -0.25) is 14.8 Å². The molecule has 0 saturated heterocycles. The van der Waals surface area contributed by atoms with Crippen LogP contribution in [0.3, 0.4) is 0 Å². The van der Waals surface area contributed by atoms with Crippen molar-refractivity contribution in [3.05, 3.63) is 53.6 Å². The van der Waals surface area contributed by atoms with Crippen molar-refractivity contribution >= 4 is 28.5 Å². The molecule has 26 heavy (non-hydrogen) atoms. The molecule has 134 valence electrons. The molecule has 0 aliphatic rings. The zero-order chi connectivity index (χ0) is 18.9. The first-order valence-electron chi connectivity index (χ1n) is 8.15. The monoisotopic (exact) mass is 370 g/mol. The maximum absolute atomic E-state index is 12.5. The van der Waals surface area contributed by atoms with Crippen molar-refractivity contribution in [3.8, 4) is 11.1 Å². The van der Waals surface area contributed by atoms with Crippen LogP contribution in [0.4, 0.5) is 0 Å². The van der Waals surface area contributed by atoms with E-state index >= 15 is 0 Å². The van der Waals surface area contributed by atoms with Crippen LogP contribution in [0.25, 0.3) is 22.2 Å². The lowest BCUT2D eigenvalue weighted by Gasteiger charge is -2.26. The summed E-state index contributed by atoms with van der Waals surface area (Å²) >= 11 is 5.95. The van der Waals surface area contributed by atoms with E-state index in [1.54, 1.807) is 45.3 Å². The second-order valence-corrected chi connectivity index (χ2v) is 7.10. The minimum Gasteiger partial charge on any atom is -0.388 e. The van der Waals surface area contributed by atoms with E-state index in [4.69, 9.17) is 11.6 Å². The van der Waals surface area contributed by atoms with Crippen LogP contribution in [0.15, 0.2) is 42.9 Å². The highest BCUT2D eigenvalue weighted by Gasteiger charge is 2.25. The number of fused-ring (bicyclic) bond motifs is 1. The van der Waals surface area contributed by atoms with E-state index in [2.05, 4.69) is 20.3 Å². The third kappa shape index (κ3) is 3.81. The molecule has 3 rings (SSSR count). The molecule has 3 aromatic rings. The molecule has 1 aromatic carbocycles. The Morgan fingerprint density at radius 3 is 2.54 bits per heavy atom. The average Bonchev–Trinajstić information content (AvgIpc) is 2.60. The third-order valence-corrected chi connectivity index (χ3v) is 4.50. The summed E-state index contributed by atoms with van der Waals surface area (Å²) in [6, 6.07) is 6.85. The van der Waals surface area contributed by atoms with Gasteiger partial charge in [0.15, 0.2) is 0 Å². The zero-order valence-electron chi connectivity index (χ0n) is 14.7. The molecule has 1 unspecified atom stereocenters. The van der Waals surface area contributed by atoms with Crippen LogP contribution in [0.5, 0.6) is 0 Å². The molecule has 7 heteroatoms. The number of carbonyl (C=O) groups excluding carboxylic acids is 1. The van der Waals surface area contributed by atoms with Gasteiger partial charge in [0, 0.05) is 16.8 Å². The molecule has 0 spiro atoms. The maximum Gasteiger partial charge on any atom is 0.271 e. The SMILES string of the molecule is CC(NC(=O)c1cnc2cncc(-c3ccc(Cl)cc3)c2n1)C(C)(C)O. The van der Waals surface area contributed by atoms with Gasteiger partial charge in [0.05, 0.1) is 24.0 Å². The molecular formula is C19H19ClN4O2. The van der Waals surface area contributed by atoms with Gasteiger partial charge in [-0.25, -0.2) is 4.98 Å². The van der Waals surface area contributed by atoms with E-state index in [0.29, 0.717) is 16.1 Å². The number of amides is 1. The number of rotatable bonds is 4. The van der Waals surface area contributed by atoms with Crippen molar-refractivity contribution in [2.24, 2.45) is 0 Å². The normalized spacial score (nSPS) is 12.8. The van der Waals surface area contributed by atoms with Gasteiger partial charge in [-0.2, -0.15) is 0 Å². The fourth-order valence-electron chi connectivity index (χ4n) is 2.33. The van der Waals surface area contributed by atoms with Gasteiger partial charge in [-0.05, 0) is 38.5 Å². The van der Waals surface area contributed by atoms with E-state index in [1.165, 1.54) is 6.20 Å². The number of hydrogen-bond acceptors (Lipinski definition) is 5. The predicted octanol–water partition coefficient (Wildman–Crippen LogP) is 3.23. The molecule has 2 heterocycles. The van der Waals surface area contributed by atoms with Crippen LogP contribution in [-0.4, -0.2) is 37.6 Å². The molecular weight excluding hydrogens is 352 g/mol. The average molecular weight is 371 g/mol. The number of nitrogens with one attached hydrogen (secondary N) is 1. The van der Waals surface area contributed by atoms with E-state index in [-0.39, 0.29) is 5.69 Å². The molecule has 0 radical (unpaired) electrons. The Kier molecular flexibility index (Phi) is 4.89. The first kappa shape index (κ1) is 18.2. The van der Waals surface area contributed by atoms with E-state index < -0.39 is 17.6 Å². The Balaban J connectivity index is 2.01. The number of halogens is 1. The number of hydrogen-bond donors (Lipinski definition) is 2. The summed E-state index contributed by atoms with van der Waals surface area (Å²) in [5, 5.41) is 13.4. The molecule has 0 fully saturated rings. The van der Waals surface area contributed by atoms with Crippen molar-refractivity contribution in [3.63, 3.8) is 0 Å². The van der Waals surface area contributed by atoms with E-state index in [9.17, 15) is 9.90 Å². The van der Waals surface area contributed by atoms with Gasteiger partial charge in [0.2, 0.25) is 0 Å². The molecule has 1 amide bonds. The van der Waals surface area contributed by atoms with Crippen LogP contribution in [0.1, 0.15) is 31.3 Å². The van der Waals surface area contributed by atoms with Gasteiger partial charge < -0.3 is 10.4 Å². The van der Waals surface area contributed by atoms with Gasteiger partial charge in [0.25, 0.3) is 5.91 Å². The standard InChI is InChI=1S/C19H19ClN4O2/c1-11(19(2,3)26)23-18(25)16-10-22-15-9-21-8-14(17(15)24-16)12-4-6-13(20)7-5-12/h4-11,26H,1-3H3,(H,23,25). The van der Waals surface area contributed by atoms with Crippen LogP contribution in [0.2, 0.25) is 5.02 Å². The number of aromatic nitrogens is 3. The summed E-state index contributed by atoms with van der Waals surface area (Å²) in [7, 11) is 0. The van der Waals surface area contributed by atoms with Gasteiger partial charge >= 0.3 is 0 Å². The smallest absolute Gasteiger partial charge is 0.271 e. The lowest BCUT2D eigenvalue weighted by Crippen LogP contribution is -2.47. The highest BCUT2D eigenvalue weighted by atomic mass is 35.5. The topological polar surface area (TPSA) is 88.0 Å². The second kappa shape index (κ2) is 6.97. The lowest BCUT2D eigenvalue weighted by molar-refractivity contribution is 0.0407. The lowest BCUT2D eigenvalue weighted by atomic mass is 10.0. The maximum atomic E-state index is 12.5. The molecule has 6 nitrogen and oxygen atoms in total. The summed E-state index contributed by atoms with van der Waals surface area (Å²) in [5.41, 5.74) is 1.93. The quantitative estimate of drug-likeness (QED) is 0.736. The first-order chi connectivity index (χ1) is 12.3. The highest BCUT2D eigenvalue weighted by molar-refractivity contribution is 6.30. The molecule has 1 atom stereocenters. The Bertz CT molecular complexity index is 952. The van der Waals surface area contributed by atoms with Gasteiger partial charge in [0.1, 0.15) is 16.7 Å². The van der Waals surface area contributed by atoms with Crippen molar-refractivity contribution in [1.82, 2.24) is 20.3 Å². The summed E-state index contributed by atoms with van der Waals surface area (Å²) in [5.74, 6) is -0.395. The van der Waals surface area contributed by atoms with E-state index in [0.717, 1.165) is 11.1 Å². The Morgan fingerprint density at radius 1 is 1.19 bits per heavy atom. The van der Waals surface area contributed by atoms with Gasteiger partial charge in [-0.15, -0.1) is 0 Å². The Hall–Kier alpha value is -2.57. The number of carbonyl (C=O) groups is 1. The van der Waals surface area contributed by atoms with Gasteiger partial charge in [-0.1, -0.05) is 23.7 Å². The summed E-state index contributed by atoms with van der Waals surface area (Å²) in [4.78, 5) is 25.5. The van der Waals surface area contributed by atoms with Crippen molar-refractivity contribution in [2.75, 3.05) is 0 Å². The van der Waals surface area contributed by atoms with Crippen LogP contribution in [0, 0.1) is 0 Å². The highest BCUT2D eigenvalue weighted by Crippen LogP contribution is 2.26. The number of aliphatic hydroxyl groups is 1. The molecule has 0 saturated carbocycles. The summed E-state index contributed by atoms with van der Waals surface area (Å²) in [6.07, 6.45) is 4.69. The van der Waals surface area contributed by atoms with Crippen molar-refractivity contribution < 1.29 is 9.90 Å². The molecule has 2 aromatic heterocycles. The summed E-state index contributed by atoms with van der Waals surface area (Å²) < 4.78 is 0. The van der Waals surface area contributed by atoms with Crippen LogP contribution < -0.4 is 5.32 Å². The number of pyridine rings is 1. The fourth-order valence-corrected chi connectivity index (χ4v) is 2.46. The Labute approximate surface area is 156 Å². The number of benzene rings is 1. The fraction of sp³-hybridized carbons (Fsp3) is 0.263. The second-order valence-electron chi connectivity index (χ2n) is 6.67. The third-order valence-electron chi connectivity index (χ3n) is 4.25. The van der Waals surface area contributed by atoms with E-state index in [1.807, 2.05) is 12.1 Å². The van der Waals surface area contributed by atoms with Crippen LogP contribution >= 0.6 is 11.6 Å². The molecule has 2 N–H and O–H groups in total. The molecule has 0 aliphatic heterocycles. The molecule has 0 bridgehead atoms. The van der Waals surface area contributed by atoms with Crippen molar-refractivity contribution in [2.45, 2.75) is 32.4 Å². The Morgan fingerprint density at radius 2 is 1.88 bits per heavy atom. The number of nitrogens with zero attached hydrogens (tertiary/aromatic N) is 3. The minimum atomic E-state index is -1.04. The minimum absolute atomic E-state index is 0.176. The largest absolute Gasteiger partial charge is 0.388 e. The predicted molar refractivity (Wildman–Crippen MR) is 101 cm³/mol. The summed E-state index contributed by atoms with van der Waals surface area (Å²) in [6.45, 7) is 5.00. The van der Waals surface area contributed by atoms with Crippen molar-refractivity contribution in [1.29, 1.82) is 0 Å². The first-order valence-corrected chi connectivity index (χ1v) is 8.53. The zero-order valence-corrected chi connectivity index (χ0v) is 15.4. The molecule has 0 aliphatic carbocycles.